The van der Waals surface area contributed by atoms with Crippen molar-refractivity contribution in [1.29, 1.82) is 0 Å². The highest BCUT2D eigenvalue weighted by molar-refractivity contribution is 5.88. The van der Waals surface area contributed by atoms with Gasteiger partial charge in [0.15, 0.2) is 0 Å². The fourth-order valence-corrected chi connectivity index (χ4v) is 7.15. The number of aromatic nitrogens is 3. The van der Waals surface area contributed by atoms with Crippen LogP contribution in [0.15, 0.2) is 4.52 Å². The van der Waals surface area contributed by atoms with Crippen molar-refractivity contribution in [3.05, 3.63) is 11.5 Å². The van der Waals surface area contributed by atoms with Gasteiger partial charge in [-0.25, -0.2) is 4.98 Å². The van der Waals surface area contributed by atoms with E-state index in [1.165, 1.54) is 38.5 Å². The van der Waals surface area contributed by atoms with E-state index in [0.29, 0.717) is 11.3 Å². The maximum atomic E-state index is 5.41. The third-order valence-corrected chi connectivity index (χ3v) is 7.86. The minimum atomic E-state index is 0.519. The van der Waals surface area contributed by atoms with Crippen LogP contribution in [0.1, 0.15) is 50.0 Å². The number of nitrogens with zero attached hydrogens (tertiary/aromatic N) is 5. The van der Waals surface area contributed by atoms with Crippen LogP contribution in [-0.4, -0.2) is 51.7 Å². The second kappa shape index (κ2) is 5.66. The number of hydrogen-bond acceptors (Lipinski definition) is 6. The van der Waals surface area contributed by atoms with E-state index < -0.39 is 0 Å². The standard InChI is InChI=1S/C21H29N5O/c1-13-18-19(22-14(2)23-20(18)27-24-13)25-3-5-26(6-4-25)21-10-15-7-16(11-21)9-17(8-15)12-21/h15-17H,3-12H2,1-2H3. The third-order valence-electron chi connectivity index (χ3n) is 7.86. The normalized spacial score (nSPS) is 36.1. The van der Waals surface area contributed by atoms with Crippen molar-refractivity contribution in [3.63, 3.8) is 0 Å². The molecule has 3 heterocycles. The smallest absolute Gasteiger partial charge is 0.263 e. The molecule has 4 bridgehead atoms. The lowest BCUT2D eigenvalue weighted by Gasteiger charge is -2.61. The molecule has 5 fully saturated rings. The van der Waals surface area contributed by atoms with E-state index in [9.17, 15) is 0 Å². The SMILES string of the molecule is Cc1nc(N2CCN(C34CC5CC(CC(C5)C3)C4)CC2)c2c(C)noc2n1. The minimum absolute atomic E-state index is 0.519. The van der Waals surface area contributed by atoms with Crippen molar-refractivity contribution < 1.29 is 4.52 Å². The molecule has 4 aliphatic carbocycles. The summed E-state index contributed by atoms with van der Waals surface area (Å²) < 4.78 is 5.41. The maximum Gasteiger partial charge on any atom is 0.263 e. The van der Waals surface area contributed by atoms with E-state index in [2.05, 4.69) is 19.9 Å². The summed E-state index contributed by atoms with van der Waals surface area (Å²) in [4.78, 5) is 14.5. The molecule has 2 aromatic heterocycles. The van der Waals surface area contributed by atoms with Crippen LogP contribution in [0, 0.1) is 31.6 Å². The summed E-state index contributed by atoms with van der Waals surface area (Å²) in [5, 5.41) is 5.11. The molecule has 144 valence electrons. The molecule has 2 aromatic rings. The summed E-state index contributed by atoms with van der Waals surface area (Å²) in [5.41, 5.74) is 2.03. The van der Waals surface area contributed by atoms with Crippen LogP contribution in [0.25, 0.3) is 11.1 Å². The average molecular weight is 367 g/mol. The molecule has 6 heteroatoms. The number of anilines is 1. The zero-order chi connectivity index (χ0) is 18.2. The molecule has 0 amide bonds. The number of piperazine rings is 1. The Morgan fingerprint density at radius 3 is 2.15 bits per heavy atom. The zero-order valence-corrected chi connectivity index (χ0v) is 16.4. The second-order valence-electron chi connectivity index (χ2n) is 9.66. The third kappa shape index (κ3) is 2.45. The predicted molar refractivity (Wildman–Crippen MR) is 104 cm³/mol. The first-order chi connectivity index (χ1) is 13.1. The highest BCUT2D eigenvalue weighted by atomic mass is 16.5. The van der Waals surface area contributed by atoms with Gasteiger partial charge in [0.05, 0.1) is 5.69 Å². The van der Waals surface area contributed by atoms with Crippen LogP contribution in [0.3, 0.4) is 0 Å². The molecule has 4 saturated carbocycles. The van der Waals surface area contributed by atoms with Gasteiger partial charge in [-0.2, -0.15) is 4.98 Å². The van der Waals surface area contributed by atoms with Crippen molar-refractivity contribution in [2.75, 3.05) is 31.1 Å². The van der Waals surface area contributed by atoms with Crippen LogP contribution in [0.4, 0.5) is 5.82 Å². The van der Waals surface area contributed by atoms with Crippen LogP contribution >= 0.6 is 0 Å². The van der Waals surface area contributed by atoms with Gasteiger partial charge in [0, 0.05) is 31.7 Å². The molecule has 0 atom stereocenters. The van der Waals surface area contributed by atoms with Gasteiger partial charge in [-0.15, -0.1) is 0 Å². The number of fused-ring (bicyclic) bond motifs is 1. The van der Waals surface area contributed by atoms with E-state index in [4.69, 9.17) is 9.51 Å². The van der Waals surface area contributed by atoms with Gasteiger partial charge in [-0.3, -0.25) is 4.90 Å². The maximum absolute atomic E-state index is 5.41. The number of rotatable bonds is 2. The molecule has 0 unspecified atom stereocenters. The first-order valence-electron chi connectivity index (χ1n) is 10.7. The van der Waals surface area contributed by atoms with Crippen molar-refractivity contribution in [3.8, 4) is 0 Å². The van der Waals surface area contributed by atoms with Crippen molar-refractivity contribution in [2.45, 2.75) is 57.9 Å². The molecule has 0 radical (unpaired) electrons. The van der Waals surface area contributed by atoms with Gasteiger partial charge in [-0.05, 0) is 70.1 Å². The van der Waals surface area contributed by atoms with E-state index >= 15 is 0 Å². The van der Waals surface area contributed by atoms with Crippen molar-refractivity contribution in [1.82, 2.24) is 20.0 Å². The molecule has 6 nitrogen and oxygen atoms in total. The highest BCUT2D eigenvalue weighted by Crippen LogP contribution is 2.57. The molecule has 5 aliphatic rings. The van der Waals surface area contributed by atoms with Crippen LogP contribution < -0.4 is 4.90 Å². The van der Waals surface area contributed by atoms with Crippen LogP contribution in [0.5, 0.6) is 0 Å². The molecular formula is C21H29N5O. The summed E-state index contributed by atoms with van der Waals surface area (Å²) >= 11 is 0. The first kappa shape index (κ1) is 16.3. The van der Waals surface area contributed by atoms with Gasteiger partial charge in [0.2, 0.25) is 0 Å². The van der Waals surface area contributed by atoms with Gasteiger partial charge in [0.25, 0.3) is 5.71 Å². The van der Waals surface area contributed by atoms with Crippen molar-refractivity contribution >= 4 is 16.9 Å². The van der Waals surface area contributed by atoms with E-state index in [1.54, 1.807) is 0 Å². The Morgan fingerprint density at radius 1 is 0.889 bits per heavy atom. The summed E-state index contributed by atoms with van der Waals surface area (Å²) in [5.74, 6) is 4.81. The molecule has 7 rings (SSSR count). The van der Waals surface area contributed by atoms with E-state index in [1.807, 2.05) is 13.8 Å². The Labute approximate surface area is 160 Å². The lowest BCUT2D eigenvalue weighted by molar-refractivity contribution is -0.0901. The molecule has 1 saturated heterocycles. The van der Waals surface area contributed by atoms with Crippen LogP contribution in [0.2, 0.25) is 0 Å². The summed E-state index contributed by atoms with van der Waals surface area (Å²) in [7, 11) is 0. The fourth-order valence-electron chi connectivity index (χ4n) is 7.15. The Morgan fingerprint density at radius 2 is 1.52 bits per heavy atom. The quantitative estimate of drug-likeness (QED) is 0.811. The summed E-state index contributed by atoms with van der Waals surface area (Å²) in [6, 6.07) is 0. The predicted octanol–water partition coefficient (Wildman–Crippen LogP) is 3.33. The van der Waals surface area contributed by atoms with Gasteiger partial charge >= 0.3 is 0 Å². The molecule has 0 spiro atoms. The monoisotopic (exact) mass is 367 g/mol. The Hall–Kier alpha value is -1.69. The van der Waals surface area contributed by atoms with E-state index in [0.717, 1.165) is 66.7 Å². The van der Waals surface area contributed by atoms with E-state index in [-0.39, 0.29) is 0 Å². The highest BCUT2D eigenvalue weighted by Gasteiger charge is 2.53. The topological polar surface area (TPSA) is 58.3 Å². The van der Waals surface area contributed by atoms with Gasteiger partial charge < -0.3 is 9.42 Å². The van der Waals surface area contributed by atoms with Crippen LogP contribution in [-0.2, 0) is 0 Å². The van der Waals surface area contributed by atoms with Gasteiger partial charge in [-0.1, -0.05) is 5.16 Å². The largest absolute Gasteiger partial charge is 0.353 e. The fraction of sp³-hybridized carbons (Fsp3) is 0.762. The Kier molecular flexibility index (Phi) is 3.41. The van der Waals surface area contributed by atoms with Crippen molar-refractivity contribution in [2.24, 2.45) is 17.8 Å². The summed E-state index contributed by atoms with van der Waals surface area (Å²) in [6.45, 7) is 8.31. The number of hydrogen-bond donors (Lipinski definition) is 0. The second-order valence-corrected chi connectivity index (χ2v) is 9.66. The molecule has 0 N–H and O–H groups in total. The zero-order valence-electron chi connectivity index (χ0n) is 16.4. The Balaban J connectivity index is 1.25. The Bertz CT molecular complexity index is 847. The lowest BCUT2D eigenvalue weighted by Crippen LogP contribution is -2.64. The average Bonchev–Trinajstić information content (AvgIpc) is 3.01. The molecular weight excluding hydrogens is 338 g/mol. The molecule has 27 heavy (non-hydrogen) atoms. The first-order valence-corrected chi connectivity index (χ1v) is 10.7. The summed E-state index contributed by atoms with van der Waals surface area (Å²) in [6.07, 6.45) is 8.93. The molecule has 0 aromatic carbocycles. The molecule has 1 aliphatic heterocycles. The van der Waals surface area contributed by atoms with Gasteiger partial charge in [0.1, 0.15) is 17.0 Å². The minimum Gasteiger partial charge on any atom is -0.353 e. The number of aryl methyl sites for hydroxylation is 2. The lowest BCUT2D eigenvalue weighted by atomic mass is 9.52.